The van der Waals surface area contributed by atoms with E-state index in [9.17, 15) is 5.21 Å². The van der Waals surface area contributed by atoms with E-state index in [4.69, 9.17) is 4.74 Å². The zero-order valence-electron chi connectivity index (χ0n) is 13.9. The number of anilines is 1. The zero-order chi connectivity index (χ0) is 16.9. The van der Waals surface area contributed by atoms with Gasteiger partial charge in [-0.05, 0) is 5.56 Å². The number of nitrogens with one attached hydrogen (secondary N) is 1. The standard InChI is InChI=1S/C18H20N4O2S/c23-22-8-6-14(7-9-22)18(12-22)11-20-16(24-18)21-17-19-10-15(25-17)13-4-2-1-3-5-13/h1-5,10,14H,6-9,11-12H2,(H,19,20,21)/t14?,18-,22?/m0/s1. The van der Waals surface area contributed by atoms with E-state index in [2.05, 4.69) is 27.4 Å². The van der Waals surface area contributed by atoms with E-state index >= 15 is 0 Å². The second kappa shape index (κ2) is 5.52. The van der Waals surface area contributed by atoms with Crippen molar-refractivity contribution in [1.82, 2.24) is 4.98 Å². The largest absolute Gasteiger partial charge is 0.633 e. The fourth-order valence-corrected chi connectivity index (χ4v) is 5.13. The number of piperidine rings is 3. The lowest BCUT2D eigenvalue weighted by Crippen LogP contribution is -2.67. The number of benzene rings is 1. The van der Waals surface area contributed by atoms with Gasteiger partial charge in [0.25, 0.3) is 6.02 Å². The molecule has 25 heavy (non-hydrogen) atoms. The summed E-state index contributed by atoms with van der Waals surface area (Å²) in [6, 6.07) is 10.7. The third kappa shape index (κ3) is 2.63. The quantitative estimate of drug-likeness (QED) is 0.663. The van der Waals surface area contributed by atoms with Crippen molar-refractivity contribution in [1.29, 1.82) is 0 Å². The Morgan fingerprint density at radius 3 is 2.80 bits per heavy atom. The van der Waals surface area contributed by atoms with Gasteiger partial charge >= 0.3 is 0 Å². The van der Waals surface area contributed by atoms with Crippen molar-refractivity contribution in [2.24, 2.45) is 10.9 Å². The maximum atomic E-state index is 12.7. The molecule has 1 atom stereocenters. The van der Waals surface area contributed by atoms with Crippen LogP contribution in [0, 0.1) is 11.1 Å². The number of aliphatic imine (C=N–C) groups is 1. The molecule has 0 unspecified atom stereocenters. The number of hydroxylamine groups is 3. The van der Waals surface area contributed by atoms with Crippen LogP contribution in [0.5, 0.6) is 0 Å². The van der Waals surface area contributed by atoms with E-state index in [0.717, 1.165) is 41.5 Å². The molecule has 1 aromatic heterocycles. The van der Waals surface area contributed by atoms with E-state index in [1.165, 1.54) is 0 Å². The number of thiazole rings is 1. The van der Waals surface area contributed by atoms with Gasteiger partial charge in [-0.2, -0.15) is 0 Å². The molecule has 0 amide bonds. The molecule has 130 valence electrons. The highest BCUT2D eigenvalue weighted by Gasteiger charge is 2.56. The summed E-state index contributed by atoms with van der Waals surface area (Å²) in [4.78, 5) is 10.1. The molecule has 1 aromatic carbocycles. The third-order valence-electron chi connectivity index (χ3n) is 5.64. The highest BCUT2D eigenvalue weighted by molar-refractivity contribution is 7.19. The van der Waals surface area contributed by atoms with Crippen molar-refractivity contribution in [3.8, 4) is 10.4 Å². The molecule has 0 saturated carbocycles. The second-order valence-corrected chi connectivity index (χ2v) is 8.28. The number of hydrogen-bond donors (Lipinski definition) is 1. The van der Waals surface area contributed by atoms with Crippen molar-refractivity contribution in [2.45, 2.75) is 18.4 Å². The molecule has 3 saturated heterocycles. The molecule has 4 aliphatic rings. The molecule has 3 fully saturated rings. The maximum Gasteiger partial charge on any atom is 0.292 e. The Morgan fingerprint density at radius 1 is 1.24 bits per heavy atom. The van der Waals surface area contributed by atoms with Gasteiger partial charge < -0.3 is 14.6 Å². The number of fused-ring (bicyclic) bond motifs is 2. The van der Waals surface area contributed by atoms with Crippen LogP contribution in [0.2, 0.25) is 0 Å². The molecule has 2 bridgehead atoms. The summed E-state index contributed by atoms with van der Waals surface area (Å²) in [6.45, 7) is 2.57. The van der Waals surface area contributed by atoms with E-state index in [1.807, 2.05) is 24.4 Å². The summed E-state index contributed by atoms with van der Waals surface area (Å²) in [6.07, 6.45) is 3.75. The van der Waals surface area contributed by atoms with Crippen LogP contribution in [0.25, 0.3) is 10.4 Å². The van der Waals surface area contributed by atoms with Crippen LogP contribution >= 0.6 is 11.3 Å². The van der Waals surface area contributed by atoms with Crippen molar-refractivity contribution >= 4 is 22.5 Å². The Balaban J connectivity index is 1.30. The Labute approximate surface area is 150 Å². The number of aromatic nitrogens is 1. The minimum absolute atomic E-state index is 0.116. The average molecular weight is 356 g/mol. The van der Waals surface area contributed by atoms with Crippen LogP contribution in [0.4, 0.5) is 5.13 Å². The smallest absolute Gasteiger partial charge is 0.292 e. The lowest BCUT2D eigenvalue weighted by molar-refractivity contribution is -0.905. The van der Waals surface area contributed by atoms with Gasteiger partial charge in [0.05, 0.1) is 24.5 Å². The molecular weight excluding hydrogens is 336 g/mol. The molecule has 6 rings (SSSR count). The summed E-state index contributed by atoms with van der Waals surface area (Å²) in [5.41, 5.74) is 0.745. The normalized spacial score (nSPS) is 33.3. The van der Waals surface area contributed by atoms with Crippen LogP contribution in [0.15, 0.2) is 41.5 Å². The van der Waals surface area contributed by atoms with E-state index in [1.54, 1.807) is 11.3 Å². The Morgan fingerprint density at radius 2 is 2.04 bits per heavy atom. The summed E-state index contributed by atoms with van der Waals surface area (Å²) in [5, 5.41) is 16.7. The van der Waals surface area contributed by atoms with Gasteiger partial charge in [0.15, 0.2) is 10.7 Å². The number of ether oxygens (including phenoxy) is 1. The number of nitrogens with zero attached hydrogens (tertiary/aromatic N) is 3. The lowest BCUT2D eigenvalue weighted by Gasteiger charge is -2.58. The third-order valence-corrected chi connectivity index (χ3v) is 6.60. The molecule has 4 aliphatic heterocycles. The molecule has 0 aliphatic carbocycles. The number of rotatable bonds is 2. The molecule has 5 heterocycles. The molecular formula is C18H20N4O2S. The van der Waals surface area contributed by atoms with Crippen LogP contribution in [0.1, 0.15) is 12.8 Å². The first-order valence-electron chi connectivity index (χ1n) is 8.73. The van der Waals surface area contributed by atoms with E-state index < -0.39 is 5.60 Å². The van der Waals surface area contributed by atoms with Gasteiger partial charge in [0.1, 0.15) is 6.54 Å². The highest BCUT2D eigenvalue weighted by Crippen LogP contribution is 2.44. The average Bonchev–Trinajstić information content (AvgIpc) is 3.24. The zero-order valence-corrected chi connectivity index (χ0v) is 14.7. The van der Waals surface area contributed by atoms with Crippen LogP contribution in [0.3, 0.4) is 0 Å². The number of quaternary nitrogens is 1. The molecule has 7 heteroatoms. The summed E-state index contributed by atoms with van der Waals surface area (Å²) in [5.74, 6) is 0.445. The summed E-state index contributed by atoms with van der Waals surface area (Å²) < 4.78 is 6.08. The lowest BCUT2D eigenvalue weighted by atomic mass is 9.75. The van der Waals surface area contributed by atoms with Gasteiger partial charge in [-0.3, -0.25) is 5.32 Å². The summed E-state index contributed by atoms with van der Waals surface area (Å²) >= 11 is 1.57. The minimum Gasteiger partial charge on any atom is -0.633 e. The Bertz CT molecular complexity index is 813. The van der Waals surface area contributed by atoms with Gasteiger partial charge in [-0.15, -0.1) is 0 Å². The van der Waals surface area contributed by atoms with Gasteiger partial charge in [-0.25, -0.2) is 9.98 Å². The minimum atomic E-state index is -0.403. The van der Waals surface area contributed by atoms with Gasteiger partial charge in [0.2, 0.25) is 0 Å². The predicted octanol–water partition coefficient (Wildman–Crippen LogP) is 3.09. The fourth-order valence-electron chi connectivity index (χ4n) is 4.32. The molecule has 2 aromatic rings. The Hall–Kier alpha value is -1.96. The molecule has 0 radical (unpaired) electrons. The molecule has 6 nitrogen and oxygen atoms in total. The molecule has 1 N–H and O–H groups in total. The van der Waals surface area contributed by atoms with Crippen LogP contribution in [-0.2, 0) is 4.74 Å². The Kier molecular flexibility index (Phi) is 3.38. The van der Waals surface area contributed by atoms with Crippen LogP contribution in [-0.4, -0.2) is 47.4 Å². The fraction of sp³-hybridized carbons (Fsp3) is 0.444. The SMILES string of the molecule is [O-][N+]12CCC(CC1)[C@]1(CN=C(Nc3ncc(-c4ccccc4)s3)O1)C2. The first-order chi connectivity index (χ1) is 12.1. The molecule has 1 spiro atoms. The first-order valence-corrected chi connectivity index (χ1v) is 9.55. The second-order valence-electron chi connectivity index (χ2n) is 7.25. The predicted molar refractivity (Wildman–Crippen MR) is 98.2 cm³/mol. The van der Waals surface area contributed by atoms with Crippen molar-refractivity contribution in [2.75, 3.05) is 31.5 Å². The number of hydrogen-bond acceptors (Lipinski definition) is 6. The number of amidine groups is 1. The highest BCUT2D eigenvalue weighted by atomic mass is 32.1. The maximum absolute atomic E-state index is 12.7. The summed E-state index contributed by atoms with van der Waals surface area (Å²) in [7, 11) is 0. The van der Waals surface area contributed by atoms with Crippen molar-refractivity contribution in [3.63, 3.8) is 0 Å². The topological polar surface area (TPSA) is 69.6 Å². The van der Waals surface area contributed by atoms with Crippen LogP contribution < -0.4 is 5.32 Å². The van der Waals surface area contributed by atoms with E-state index in [-0.39, 0.29) is 4.65 Å². The monoisotopic (exact) mass is 356 g/mol. The van der Waals surface area contributed by atoms with Gasteiger partial charge in [0, 0.05) is 25.0 Å². The van der Waals surface area contributed by atoms with Crippen molar-refractivity contribution < 1.29 is 9.38 Å². The van der Waals surface area contributed by atoms with E-state index in [0.29, 0.717) is 25.0 Å². The van der Waals surface area contributed by atoms with Gasteiger partial charge in [-0.1, -0.05) is 41.7 Å². The first kappa shape index (κ1) is 15.3. The van der Waals surface area contributed by atoms with Crippen molar-refractivity contribution in [3.05, 3.63) is 41.7 Å².